The minimum absolute atomic E-state index is 0.0605. The van der Waals surface area contributed by atoms with E-state index in [1.165, 1.54) is 21.6 Å². The molecular weight excluding hydrogens is 386 g/mol. The number of benzene rings is 2. The topological polar surface area (TPSA) is 47.2 Å². The molecule has 2 aromatic rings. The number of quaternary nitrogens is 2. The van der Waals surface area contributed by atoms with E-state index in [9.17, 15) is 4.79 Å². The molecule has 1 amide bonds. The van der Waals surface area contributed by atoms with Crippen LogP contribution in [0.15, 0.2) is 36.4 Å². The van der Waals surface area contributed by atoms with Gasteiger partial charge in [0.2, 0.25) is 0 Å². The number of hydrogen-bond acceptors (Lipinski definition) is 2. The Hall–Kier alpha value is -2.37. The number of methoxy groups -OCH3 is 1. The van der Waals surface area contributed by atoms with E-state index in [-0.39, 0.29) is 11.9 Å². The molecule has 0 saturated carbocycles. The van der Waals surface area contributed by atoms with E-state index in [4.69, 9.17) is 4.74 Å². The maximum atomic E-state index is 13.1. The zero-order valence-electron chi connectivity index (χ0n) is 20.0. The molecule has 1 fully saturated rings. The highest BCUT2D eigenvalue weighted by atomic mass is 16.5. The lowest BCUT2D eigenvalue weighted by molar-refractivity contribution is -1.02. The van der Waals surface area contributed by atoms with Crippen LogP contribution in [0, 0.1) is 13.8 Å². The molecule has 0 bridgehead atoms. The molecule has 0 spiro atoms. The van der Waals surface area contributed by atoms with Crippen molar-refractivity contribution in [1.29, 1.82) is 0 Å². The molecule has 0 aliphatic carbocycles. The van der Waals surface area contributed by atoms with Crippen molar-refractivity contribution < 1.29 is 19.3 Å². The van der Waals surface area contributed by atoms with E-state index in [1.54, 1.807) is 12.0 Å². The summed E-state index contributed by atoms with van der Waals surface area (Å²) in [7, 11) is 1.74. The molecule has 0 unspecified atom stereocenters. The van der Waals surface area contributed by atoms with Crippen LogP contribution >= 0.6 is 0 Å². The molecule has 5 heteroatoms. The second-order valence-electron chi connectivity index (χ2n) is 9.31. The summed E-state index contributed by atoms with van der Waals surface area (Å²) < 4.78 is 5.55. The number of para-hydroxylation sites is 1. The number of amides is 1. The Kier molecular flexibility index (Phi) is 7.74. The molecule has 2 aromatic carbocycles. The largest absolute Gasteiger partial charge is 0.496 e. The smallest absolute Gasteiger partial charge is 0.282 e. The maximum Gasteiger partial charge on any atom is 0.282 e. The van der Waals surface area contributed by atoms with E-state index >= 15 is 0 Å². The first-order chi connectivity index (χ1) is 14.8. The third-order valence-corrected chi connectivity index (χ3v) is 6.66. The third kappa shape index (κ3) is 5.66. The minimum Gasteiger partial charge on any atom is -0.496 e. The average Bonchev–Trinajstić information content (AvgIpc) is 2.75. The number of aryl methyl sites for hydroxylation is 2. The van der Waals surface area contributed by atoms with E-state index in [2.05, 4.69) is 76.3 Å². The summed E-state index contributed by atoms with van der Waals surface area (Å²) >= 11 is 0. The standard InChI is InChI=1S/C26H37N3O2/c1-18(2)23-9-7-8-20(4)25(23)27-26(30)21(5)29-14-12-28(13-15-29)17-22-16-19(3)10-11-24(22)31-6/h7-11,16,18,21H,12-15,17H2,1-6H3,(H,27,30)/p+2/t21-/m0/s1. The first-order valence-corrected chi connectivity index (χ1v) is 11.5. The van der Waals surface area contributed by atoms with E-state index in [0.29, 0.717) is 5.92 Å². The van der Waals surface area contributed by atoms with Crippen LogP contribution in [0.1, 0.15) is 48.9 Å². The van der Waals surface area contributed by atoms with Crippen LogP contribution in [0.4, 0.5) is 5.69 Å². The van der Waals surface area contributed by atoms with Crippen LogP contribution in [0.25, 0.3) is 0 Å². The summed E-state index contributed by atoms with van der Waals surface area (Å²) in [5.74, 6) is 1.47. The Morgan fingerprint density at radius 2 is 1.77 bits per heavy atom. The molecule has 1 aliphatic heterocycles. The van der Waals surface area contributed by atoms with Crippen molar-refractivity contribution in [3.8, 4) is 5.75 Å². The van der Waals surface area contributed by atoms with Gasteiger partial charge in [-0.05, 0) is 49.9 Å². The van der Waals surface area contributed by atoms with Crippen LogP contribution in [-0.4, -0.2) is 45.2 Å². The first-order valence-electron chi connectivity index (χ1n) is 11.5. The number of nitrogens with one attached hydrogen (secondary N) is 3. The highest BCUT2D eigenvalue weighted by Gasteiger charge is 2.32. The molecule has 5 nitrogen and oxygen atoms in total. The molecule has 0 radical (unpaired) electrons. The van der Waals surface area contributed by atoms with Crippen LogP contribution in [0.5, 0.6) is 5.75 Å². The summed E-state index contributed by atoms with van der Waals surface area (Å²) in [5, 5.41) is 3.25. The van der Waals surface area contributed by atoms with Gasteiger partial charge < -0.3 is 19.9 Å². The molecular formula is C26H39N3O2+2. The first kappa shape index (κ1) is 23.3. The van der Waals surface area contributed by atoms with E-state index < -0.39 is 0 Å². The molecule has 1 aliphatic rings. The molecule has 1 saturated heterocycles. The zero-order chi connectivity index (χ0) is 22.5. The summed E-state index contributed by atoms with van der Waals surface area (Å²) in [6.07, 6.45) is 0. The molecule has 3 N–H and O–H groups in total. The summed E-state index contributed by atoms with van der Waals surface area (Å²) in [6.45, 7) is 15.7. The Morgan fingerprint density at radius 1 is 1.06 bits per heavy atom. The van der Waals surface area contributed by atoms with Gasteiger partial charge in [-0.15, -0.1) is 0 Å². The van der Waals surface area contributed by atoms with Crippen molar-refractivity contribution in [1.82, 2.24) is 0 Å². The van der Waals surface area contributed by atoms with Gasteiger partial charge in [0, 0.05) is 11.3 Å². The van der Waals surface area contributed by atoms with Gasteiger partial charge in [0.05, 0.1) is 7.11 Å². The second-order valence-corrected chi connectivity index (χ2v) is 9.31. The number of anilines is 1. The Balaban J connectivity index is 1.59. The predicted molar refractivity (Wildman–Crippen MR) is 126 cm³/mol. The second kappa shape index (κ2) is 10.3. The molecule has 1 atom stereocenters. The van der Waals surface area contributed by atoms with Gasteiger partial charge in [-0.3, -0.25) is 4.79 Å². The van der Waals surface area contributed by atoms with Crippen LogP contribution in [0.3, 0.4) is 0 Å². The summed E-state index contributed by atoms with van der Waals surface area (Å²) in [5.41, 5.74) is 5.86. The van der Waals surface area contributed by atoms with Gasteiger partial charge in [-0.1, -0.05) is 43.7 Å². The lowest BCUT2D eigenvalue weighted by Gasteiger charge is -2.33. The van der Waals surface area contributed by atoms with Crippen molar-refractivity contribution in [2.45, 2.75) is 53.1 Å². The fraction of sp³-hybridized carbons (Fsp3) is 0.500. The van der Waals surface area contributed by atoms with Gasteiger partial charge in [0.1, 0.15) is 38.5 Å². The van der Waals surface area contributed by atoms with Gasteiger partial charge in [0.25, 0.3) is 5.91 Å². The number of rotatable bonds is 7. The summed E-state index contributed by atoms with van der Waals surface area (Å²) in [6, 6.07) is 12.6. The molecule has 1 heterocycles. The lowest BCUT2D eigenvalue weighted by Crippen LogP contribution is -3.29. The number of ether oxygens (including phenoxy) is 1. The number of carbonyl (C=O) groups excluding carboxylic acids is 1. The fourth-order valence-corrected chi connectivity index (χ4v) is 4.61. The quantitative estimate of drug-likeness (QED) is 0.633. The van der Waals surface area contributed by atoms with Gasteiger partial charge in [0.15, 0.2) is 6.04 Å². The molecule has 0 aromatic heterocycles. The summed E-state index contributed by atoms with van der Waals surface area (Å²) in [4.78, 5) is 16.0. The van der Waals surface area contributed by atoms with Crippen LogP contribution in [0.2, 0.25) is 0 Å². The van der Waals surface area contributed by atoms with Crippen molar-refractivity contribution in [3.63, 3.8) is 0 Å². The predicted octanol–water partition coefficient (Wildman–Crippen LogP) is 1.75. The van der Waals surface area contributed by atoms with Gasteiger partial charge >= 0.3 is 0 Å². The Bertz CT molecular complexity index is 902. The monoisotopic (exact) mass is 425 g/mol. The number of carbonyl (C=O) groups is 1. The van der Waals surface area contributed by atoms with Crippen molar-refractivity contribution in [3.05, 3.63) is 58.7 Å². The van der Waals surface area contributed by atoms with Crippen molar-refractivity contribution >= 4 is 11.6 Å². The maximum absolute atomic E-state index is 13.1. The fourth-order valence-electron chi connectivity index (χ4n) is 4.61. The SMILES string of the molecule is COc1ccc(C)cc1C[NH+]1CC[NH+]([C@@H](C)C(=O)Nc2c(C)cccc2C(C)C)CC1. The third-order valence-electron chi connectivity index (χ3n) is 6.66. The average molecular weight is 426 g/mol. The Labute approximate surface area is 187 Å². The van der Waals surface area contributed by atoms with Crippen molar-refractivity contribution in [2.75, 3.05) is 38.6 Å². The number of piperazine rings is 1. The number of hydrogen-bond donors (Lipinski definition) is 3. The minimum atomic E-state index is -0.0605. The van der Waals surface area contributed by atoms with Crippen molar-refractivity contribution in [2.24, 2.45) is 0 Å². The highest BCUT2D eigenvalue weighted by Crippen LogP contribution is 2.27. The molecule has 3 rings (SSSR count). The highest BCUT2D eigenvalue weighted by molar-refractivity contribution is 5.95. The van der Waals surface area contributed by atoms with E-state index in [1.807, 2.05) is 0 Å². The molecule has 31 heavy (non-hydrogen) atoms. The Morgan fingerprint density at radius 3 is 2.42 bits per heavy atom. The van der Waals surface area contributed by atoms with E-state index in [0.717, 1.165) is 49.7 Å². The van der Waals surface area contributed by atoms with Crippen LogP contribution in [-0.2, 0) is 11.3 Å². The van der Waals surface area contributed by atoms with Crippen LogP contribution < -0.4 is 19.9 Å². The zero-order valence-corrected chi connectivity index (χ0v) is 20.0. The van der Waals surface area contributed by atoms with Gasteiger partial charge in [-0.2, -0.15) is 0 Å². The lowest BCUT2D eigenvalue weighted by atomic mass is 9.98. The van der Waals surface area contributed by atoms with Gasteiger partial charge in [-0.25, -0.2) is 0 Å². The molecule has 168 valence electrons. The normalized spacial score (nSPS) is 19.8.